The van der Waals surface area contributed by atoms with Gasteiger partial charge in [-0.3, -0.25) is 20.4 Å². The molecule has 2 aliphatic heterocycles. The predicted molar refractivity (Wildman–Crippen MR) is 102 cm³/mol. The number of amides is 2. The molecular weight excluding hydrogens is 415 g/mol. The van der Waals surface area contributed by atoms with Crippen LogP contribution in [0, 0.1) is 5.82 Å². The number of hydrazine groups is 1. The van der Waals surface area contributed by atoms with Crippen LogP contribution in [-0.2, 0) is 11.3 Å². The monoisotopic (exact) mass is 430 g/mol. The molecular formula is C19H16BrFN4O2. The lowest BCUT2D eigenvalue weighted by atomic mass is 10.1. The minimum atomic E-state index is -0.497. The van der Waals surface area contributed by atoms with E-state index < -0.39 is 17.8 Å². The van der Waals surface area contributed by atoms with Crippen molar-refractivity contribution < 1.29 is 14.0 Å². The van der Waals surface area contributed by atoms with Gasteiger partial charge >= 0.3 is 0 Å². The molecule has 1 fully saturated rings. The van der Waals surface area contributed by atoms with E-state index in [-0.39, 0.29) is 11.5 Å². The van der Waals surface area contributed by atoms with Crippen LogP contribution in [0.1, 0.15) is 28.8 Å². The number of nitrogens with zero attached hydrogens (tertiary/aromatic N) is 2. The molecule has 0 radical (unpaired) electrons. The lowest BCUT2D eigenvalue weighted by molar-refractivity contribution is -0.125. The second-order valence-corrected chi connectivity index (χ2v) is 7.35. The minimum absolute atomic E-state index is 0.266. The summed E-state index contributed by atoms with van der Waals surface area (Å²) in [6.45, 7) is 0.595. The summed E-state index contributed by atoms with van der Waals surface area (Å²) in [5.74, 6) is -0.336. The van der Waals surface area contributed by atoms with E-state index in [0.29, 0.717) is 19.4 Å². The highest BCUT2D eigenvalue weighted by Crippen LogP contribution is 2.34. The van der Waals surface area contributed by atoms with Crippen molar-refractivity contribution in [3.8, 4) is 0 Å². The third-order valence-corrected chi connectivity index (χ3v) is 5.18. The summed E-state index contributed by atoms with van der Waals surface area (Å²) in [7, 11) is 0. The first-order valence-corrected chi connectivity index (χ1v) is 9.29. The zero-order valence-electron chi connectivity index (χ0n) is 14.2. The van der Waals surface area contributed by atoms with Gasteiger partial charge in [-0.05, 0) is 54.4 Å². The second kappa shape index (κ2) is 7.11. The fourth-order valence-electron chi connectivity index (χ4n) is 3.33. The molecule has 1 saturated heterocycles. The van der Waals surface area contributed by atoms with Gasteiger partial charge in [-0.1, -0.05) is 15.9 Å². The molecule has 2 aliphatic rings. The van der Waals surface area contributed by atoms with Gasteiger partial charge in [-0.15, -0.1) is 0 Å². The molecule has 4 rings (SSSR count). The van der Waals surface area contributed by atoms with Crippen LogP contribution in [0.3, 0.4) is 0 Å². The van der Waals surface area contributed by atoms with Crippen molar-refractivity contribution in [3.05, 3.63) is 63.9 Å². The lowest BCUT2D eigenvalue weighted by Gasteiger charge is -2.30. The van der Waals surface area contributed by atoms with Gasteiger partial charge < -0.3 is 4.90 Å². The molecule has 0 unspecified atom stereocenters. The zero-order chi connectivity index (χ0) is 19.0. The number of halogens is 2. The van der Waals surface area contributed by atoms with Gasteiger partial charge in [-0.2, -0.15) is 0 Å². The molecule has 1 atom stereocenters. The topological polar surface area (TPSA) is 73.8 Å². The maximum absolute atomic E-state index is 12.9. The number of aliphatic imine (C=N–C) groups is 1. The molecule has 6 nitrogen and oxygen atoms in total. The third-order valence-electron chi connectivity index (χ3n) is 4.69. The van der Waals surface area contributed by atoms with Crippen molar-refractivity contribution in [2.45, 2.75) is 25.4 Å². The molecule has 0 bridgehead atoms. The third kappa shape index (κ3) is 3.57. The standard InChI is InChI=1S/C19H16BrFN4O2/c20-13-3-6-15-12(9-13)10-25-16(7-8-17(25)22-15)19(27)24-23-18(26)11-1-4-14(21)5-2-11/h1-6,9,16H,7-8,10H2,(H,23,26)(H,24,27)/t16-/m0/s1. The Bertz CT molecular complexity index is 945. The van der Waals surface area contributed by atoms with Crippen LogP contribution in [0.15, 0.2) is 51.9 Å². The van der Waals surface area contributed by atoms with E-state index in [9.17, 15) is 14.0 Å². The maximum atomic E-state index is 12.9. The number of amidine groups is 1. The van der Waals surface area contributed by atoms with Gasteiger partial charge in [0, 0.05) is 23.0 Å². The van der Waals surface area contributed by atoms with E-state index in [4.69, 9.17) is 0 Å². The number of rotatable bonds is 2. The highest BCUT2D eigenvalue weighted by atomic mass is 79.9. The summed E-state index contributed by atoms with van der Waals surface area (Å²) in [5, 5.41) is 0. The number of fused-ring (bicyclic) bond motifs is 2. The molecule has 0 saturated carbocycles. The molecule has 138 valence electrons. The van der Waals surface area contributed by atoms with Gasteiger partial charge in [0.15, 0.2) is 0 Å². The number of nitrogens with one attached hydrogen (secondary N) is 2. The fourth-order valence-corrected chi connectivity index (χ4v) is 3.74. The van der Waals surface area contributed by atoms with E-state index >= 15 is 0 Å². The Morgan fingerprint density at radius 2 is 1.93 bits per heavy atom. The van der Waals surface area contributed by atoms with Gasteiger partial charge in [0.25, 0.3) is 11.8 Å². The van der Waals surface area contributed by atoms with Crippen LogP contribution < -0.4 is 10.9 Å². The van der Waals surface area contributed by atoms with E-state index in [1.165, 1.54) is 24.3 Å². The van der Waals surface area contributed by atoms with Crippen LogP contribution >= 0.6 is 15.9 Å². The first-order chi connectivity index (χ1) is 13.0. The van der Waals surface area contributed by atoms with E-state index in [1.807, 2.05) is 23.1 Å². The Morgan fingerprint density at radius 1 is 1.15 bits per heavy atom. The molecule has 0 aliphatic carbocycles. The SMILES string of the molecule is O=C(NNC(=O)[C@@H]1CCC2=Nc3ccc(Br)cc3CN21)c1ccc(F)cc1. The summed E-state index contributed by atoms with van der Waals surface area (Å²) in [6.07, 6.45) is 1.34. The van der Waals surface area contributed by atoms with Crippen molar-refractivity contribution >= 4 is 39.3 Å². The highest BCUT2D eigenvalue weighted by molar-refractivity contribution is 9.10. The van der Waals surface area contributed by atoms with Crippen LogP contribution in [-0.4, -0.2) is 28.6 Å². The first kappa shape index (κ1) is 17.7. The summed E-state index contributed by atoms with van der Waals surface area (Å²) in [6, 6.07) is 10.6. The Kier molecular flexibility index (Phi) is 4.65. The number of hydrogen-bond donors (Lipinski definition) is 2. The largest absolute Gasteiger partial charge is 0.344 e. The molecule has 2 amide bonds. The lowest BCUT2D eigenvalue weighted by Crippen LogP contribution is -2.51. The van der Waals surface area contributed by atoms with E-state index in [2.05, 4.69) is 31.8 Å². The Balaban J connectivity index is 1.41. The Labute approximate surface area is 163 Å². The predicted octanol–water partition coefficient (Wildman–Crippen LogP) is 3.06. The molecule has 0 aromatic heterocycles. The number of hydrogen-bond acceptors (Lipinski definition) is 4. The van der Waals surface area contributed by atoms with Crippen molar-refractivity contribution in [1.82, 2.24) is 15.8 Å². The summed E-state index contributed by atoms with van der Waals surface area (Å²) in [5.41, 5.74) is 7.09. The average Bonchev–Trinajstić information content (AvgIpc) is 3.07. The molecule has 2 N–H and O–H groups in total. The maximum Gasteiger partial charge on any atom is 0.269 e. The first-order valence-electron chi connectivity index (χ1n) is 8.49. The average molecular weight is 431 g/mol. The molecule has 2 aromatic rings. The molecule has 2 aromatic carbocycles. The molecule has 2 heterocycles. The summed E-state index contributed by atoms with van der Waals surface area (Å²) in [4.78, 5) is 31.3. The molecule has 8 heteroatoms. The van der Waals surface area contributed by atoms with Crippen molar-refractivity contribution in [1.29, 1.82) is 0 Å². The van der Waals surface area contributed by atoms with Crippen molar-refractivity contribution in [2.75, 3.05) is 0 Å². The van der Waals surface area contributed by atoms with E-state index in [1.54, 1.807) is 0 Å². The molecule has 0 spiro atoms. The summed E-state index contributed by atoms with van der Waals surface area (Å²) < 4.78 is 13.9. The zero-order valence-corrected chi connectivity index (χ0v) is 15.8. The van der Waals surface area contributed by atoms with Crippen molar-refractivity contribution in [3.63, 3.8) is 0 Å². The quantitative estimate of drug-likeness (QED) is 0.718. The van der Waals surface area contributed by atoms with Crippen LogP contribution in [0.25, 0.3) is 0 Å². The number of benzene rings is 2. The Hall–Kier alpha value is -2.74. The van der Waals surface area contributed by atoms with Gasteiger partial charge in [0.2, 0.25) is 0 Å². The number of carbonyl (C=O) groups is 2. The van der Waals surface area contributed by atoms with Gasteiger partial charge in [-0.25, -0.2) is 9.38 Å². The van der Waals surface area contributed by atoms with E-state index in [0.717, 1.165) is 21.6 Å². The highest BCUT2D eigenvalue weighted by Gasteiger charge is 2.37. The summed E-state index contributed by atoms with van der Waals surface area (Å²) >= 11 is 3.46. The minimum Gasteiger partial charge on any atom is -0.344 e. The smallest absolute Gasteiger partial charge is 0.269 e. The fraction of sp³-hybridized carbons (Fsp3) is 0.211. The van der Waals surface area contributed by atoms with Crippen molar-refractivity contribution in [2.24, 2.45) is 4.99 Å². The number of carbonyl (C=O) groups excluding carboxylic acids is 2. The Morgan fingerprint density at radius 3 is 2.70 bits per heavy atom. The van der Waals surface area contributed by atoms with Gasteiger partial charge in [0.05, 0.1) is 5.69 Å². The van der Waals surface area contributed by atoms with Gasteiger partial charge in [0.1, 0.15) is 17.7 Å². The normalized spacial score (nSPS) is 17.6. The van der Waals surface area contributed by atoms with Crippen LogP contribution in [0.2, 0.25) is 0 Å². The second-order valence-electron chi connectivity index (χ2n) is 6.43. The van der Waals surface area contributed by atoms with Crippen LogP contribution in [0.5, 0.6) is 0 Å². The van der Waals surface area contributed by atoms with Crippen LogP contribution in [0.4, 0.5) is 10.1 Å². The molecule has 27 heavy (non-hydrogen) atoms.